The van der Waals surface area contributed by atoms with Crippen LogP contribution in [0.2, 0.25) is 0 Å². The smallest absolute Gasteiger partial charge is 0.225 e. The molecule has 0 aromatic carbocycles. The van der Waals surface area contributed by atoms with E-state index in [4.69, 9.17) is 0 Å². The number of anilines is 1. The van der Waals surface area contributed by atoms with Gasteiger partial charge >= 0.3 is 0 Å². The zero-order valence-electron chi connectivity index (χ0n) is 12.2. The summed E-state index contributed by atoms with van der Waals surface area (Å²) >= 11 is 0. The van der Waals surface area contributed by atoms with E-state index in [0.717, 1.165) is 49.6 Å². The molecule has 0 amide bonds. The Labute approximate surface area is 119 Å². The van der Waals surface area contributed by atoms with Crippen LogP contribution >= 0.6 is 0 Å². The highest BCUT2D eigenvalue weighted by molar-refractivity contribution is 5.34. The molecule has 0 bridgehead atoms. The Balaban J connectivity index is 1.72. The Bertz CT molecular complexity index is 488. The third kappa shape index (κ3) is 2.00. The largest absolute Gasteiger partial charge is 0.392 e. The lowest BCUT2D eigenvalue weighted by Gasteiger charge is -2.55. The summed E-state index contributed by atoms with van der Waals surface area (Å²) < 4.78 is 0. The zero-order valence-corrected chi connectivity index (χ0v) is 12.2. The summed E-state index contributed by atoms with van der Waals surface area (Å²) in [6, 6.07) is 0. The summed E-state index contributed by atoms with van der Waals surface area (Å²) in [6.07, 6.45) is 4.27. The highest BCUT2D eigenvalue weighted by Crippen LogP contribution is 2.49. The molecule has 2 N–H and O–H groups in total. The minimum Gasteiger partial charge on any atom is -0.392 e. The van der Waals surface area contributed by atoms with Gasteiger partial charge in [0, 0.05) is 36.8 Å². The number of nitrogens with zero attached hydrogens (tertiary/aromatic N) is 3. The number of rotatable bonds is 2. The van der Waals surface area contributed by atoms with Crippen LogP contribution in [0.4, 0.5) is 5.95 Å². The molecule has 5 nitrogen and oxygen atoms in total. The normalized spacial score (nSPS) is 28.5. The van der Waals surface area contributed by atoms with E-state index in [1.165, 1.54) is 0 Å². The minimum atomic E-state index is -0.343. The van der Waals surface area contributed by atoms with Crippen LogP contribution in [-0.2, 0) is 6.42 Å². The highest BCUT2D eigenvalue weighted by atomic mass is 16.3. The molecule has 1 saturated carbocycles. The van der Waals surface area contributed by atoms with E-state index in [2.05, 4.69) is 21.8 Å². The Hall–Kier alpha value is -1.20. The Morgan fingerprint density at radius 1 is 1.30 bits per heavy atom. The first-order valence-corrected chi connectivity index (χ1v) is 7.50. The van der Waals surface area contributed by atoms with Crippen LogP contribution in [0, 0.1) is 12.3 Å². The van der Waals surface area contributed by atoms with Gasteiger partial charge in [-0.3, -0.25) is 0 Å². The number of aryl methyl sites for hydroxylation is 2. The molecule has 2 aliphatic rings. The van der Waals surface area contributed by atoms with Crippen molar-refractivity contribution in [3.05, 3.63) is 17.5 Å². The van der Waals surface area contributed by atoms with E-state index >= 15 is 0 Å². The number of hydrogen-bond acceptors (Lipinski definition) is 5. The van der Waals surface area contributed by atoms with Crippen molar-refractivity contribution >= 4 is 5.95 Å². The Kier molecular flexibility index (Phi) is 3.42. The molecule has 0 radical (unpaired) electrons. The average Bonchev–Trinajstić information content (AvgIpc) is 2.48. The highest BCUT2D eigenvalue weighted by Gasteiger charge is 2.54. The second kappa shape index (κ2) is 4.97. The van der Waals surface area contributed by atoms with E-state index in [9.17, 15) is 10.2 Å². The third-order valence-corrected chi connectivity index (χ3v) is 5.15. The molecule has 2 atom stereocenters. The standard InChI is InChI=1S/C15H23N3O2/c1-3-11-10(2)9-16-14(17-11)18-6-4-15(5-7-18)12(19)8-13(15)20/h9,12-13,19-20H,3-8H2,1-2H3/t12-,13+. The second-order valence-corrected chi connectivity index (χ2v) is 6.14. The van der Waals surface area contributed by atoms with Gasteiger partial charge in [0.25, 0.3) is 0 Å². The summed E-state index contributed by atoms with van der Waals surface area (Å²) in [7, 11) is 0. The summed E-state index contributed by atoms with van der Waals surface area (Å²) in [4.78, 5) is 11.2. The molecule has 20 heavy (non-hydrogen) atoms. The molecule has 2 fully saturated rings. The molecule has 0 unspecified atom stereocenters. The molecular weight excluding hydrogens is 254 g/mol. The quantitative estimate of drug-likeness (QED) is 0.846. The molecule has 1 aliphatic carbocycles. The fraction of sp³-hybridized carbons (Fsp3) is 0.733. The van der Waals surface area contributed by atoms with Crippen molar-refractivity contribution in [1.29, 1.82) is 0 Å². The number of aliphatic hydroxyl groups is 2. The van der Waals surface area contributed by atoms with Gasteiger partial charge in [0.2, 0.25) is 5.95 Å². The van der Waals surface area contributed by atoms with E-state index in [0.29, 0.717) is 6.42 Å². The van der Waals surface area contributed by atoms with Gasteiger partial charge in [-0.25, -0.2) is 9.97 Å². The number of piperidine rings is 1. The summed E-state index contributed by atoms with van der Waals surface area (Å²) in [5.41, 5.74) is 1.96. The van der Waals surface area contributed by atoms with Crippen LogP contribution < -0.4 is 4.90 Å². The van der Waals surface area contributed by atoms with Crippen LogP contribution in [0.25, 0.3) is 0 Å². The Morgan fingerprint density at radius 3 is 2.50 bits per heavy atom. The van der Waals surface area contributed by atoms with Gasteiger partial charge in [-0.2, -0.15) is 0 Å². The summed E-state index contributed by atoms with van der Waals surface area (Å²) in [5, 5.41) is 19.9. The molecule has 3 rings (SSSR count). The molecule has 1 saturated heterocycles. The molecule has 5 heteroatoms. The predicted octanol–water partition coefficient (Wildman–Crippen LogP) is 1.06. The van der Waals surface area contributed by atoms with Crippen LogP contribution in [0.3, 0.4) is 0 Å². The first-order chi connectivity index (χ1) is 9.56. The van der Waals surface area contributed by atoms with E-state index < -0.39 is 0 Å². The van der Waals surface area contributed by atoms with Crippen molar-refractivity contribution < 1.29 is 10.2 Å². The molecule has 1 aromatic heterocycles. The molecule has 2 heterocycles. The third-order valence-electron chi connectivity index (χ3n) is 5.15. The van der Waals surface area contributed by atoms with Crippen molar-refractivity contribution in [3.8, 4) is 0 Å². The van der Waals surface area contributed by atoms with E-state index in [1.54, 1.807) is 0 Å². The van der Waals surface area contributed by atoms with Gasteiger partial charge in [0.1, 0.15) is 0 Å². The van der Waals surface area contributed by atoms with Gasteiger partial charge in [-0.1, -0.05) is 6.92 Å². The molecular formula is C15H23N3O2. The second-order valence-electron chi connectivity index (χ2n) is 6.14. The van der Waals surface area contributed by atoms with Gasteiger partial charge < -0.3 is 15.1 Å². The lowest BCUT2D eigenvalue weighted by Crippen LogP contribution is -2.61. The van der Waals surface area contributed by atoms with Gasteiger partial charge in [0.05, 0.1) is 12.2 Å². The minimum absolute atomic E-state index is 0.269. The monoisotopic (exact) mass is 277 g/mol. The topological polar surface area (TPSA) is 69.5 Å². The number of aliphatic hydroxyl groups excluding tert-OH is 2. The van der Waals surface area contributed by atoms with Crippen LogP contribution in [0.1, 0.15) is 37.4 Å². The van der Waals surface area contributed by atoms with Crippen LogP contribution in [0.15, 0.2) is 6.20 Å². The maximum Gasteiger partial charge on any atom is 0.225 e. The lowest BCUT2D eigenvalue weighted by atomic mass is 9.58. The van der Waals surface area contributed by atoms with Crippen molar-refractivity contribution in [2.45, 2.75) is 51.7 Å². The fourth-order valence-corrected chi connectivity index (χ4v) is 3.51. The van der Waals surface area contributed by atoms with Crippen LogP contribution in [-0.4, -0.2) is 45.5 Å². The van der Waals surface area contributed by atoms with E-state index in [1.807, 2.05) is 13.1 Å². The average molecular weight is 277 g/mol. The maximum atomic E-state index is 9.96. The van der Waals surface area contributed by atoms with Crippen LogP contribution in [0.5, 0.6) is 0 Å². The predicted molar refractivity (Wildman–Crippen MR) is 76.7 cm³/mol. The Morgan fingerprint density at radius 2 is 1.95 bits per heavy atom. The molecule has 1 aliphatic heterocycles. The van der Waals surface area contributed by atoms with Crippen molar-refractivity contribution in [1.82, 2.24) is 9.97 Å². The molecule has 1 aromatic rings. The molecule has 110 valence electrons. The fourth-order valence-electron chi connectivity index (χ4n) is 3.51. The number of hydrogen-bond donors (Lipinski definition) is 2. The molecule has 1 spiro atoms. The number of aromatic nitrogens is 2. The maximum absolute atomic E-state index is 9.96. The van der Waals surface area contributed by atoms with Gasteiger partial charge in [-0.05, 0) is 31.7 Å². The zero-order chi connectivity index (χ0) is 14.3. The lowest BCUT2D eigenvalue weighted by molar-refractivity contribution is -0.178. The summed E-state index contributed by atoms with van der Waals surface area (Å²) in [6.45, 7) is 5.75. The van der Waals surface area contributed by atoms with E-state index in [-0.39, 0.29) is 17.6 Å². The van der Waals surface area contributed by atoms with Crippen molar-refractivity contribution in [2.75, 3.05) is 18.0 Å². The van der Waals surface area contributed by atoms with Gasteiger partial charge in [0.15, 0.2) is 0 Å². The van der Waals surface area contributed by atoms with Crippen molar-refractivity contribution in [2.24, 2.45) is 5.41 Å². The van der Waals surface area contributed by atoms with Crippen molar-refractivity contribution in [3.63, 3.8) is 0 Å². The van der Waals surface area contributed by atoms with Gasteiger partial charge in [-0.15, -0.1) is 0 Å². The first kappa shape index (κ1) is 13.8. The summed E-state index contributed by atoms with van der Waals surface area (Å²) in [5.74, 6) is 0.783. The first-order valence-electron chi connectivity index (χ1n) is 7.50. The SMILES string of the molecule is CCc1nc(N2CCC3(CC2)[C@H](O)C[C@@H]3O)ncc1C.